The Labute approximate surface area is 76.5 Å². The molecule has 0 unspecified atom stereocenters. The van der Waals surface area contributed by atoms with Crippen LogP contribution in [0, 0.1) is 0 Å². The number of nitrogens with zero attached hydrogens (tertiary/aromatic N) is 1. The highest BCUT2D eigenvalue weighted by atomic mass is 16.5. The van der Waals surface area contributed by atoms with Gasteiger partial charge in [0, 0.05) is 13.2 Å². The van der Waals surface area contributed by atoms with Crippen LogP contribution in [0.3, 0.4) is 0 Å². The Balaban J connectivity index is 0. The second-order valence-corrected chi connectivity index (χ2v) is 3.52. The van der Waals surface area contributed by atoms with E-state index in [1.807, 2.05) is 13.8 Å². The van der Waals surface area contributed by atoms with Crippen molar-refractivity contribution in [3.8, 4) is 0 Å². The van der Waals surface area contributed by atoms with Crippen LogP contribution in [-0.2, 0) is 4.74 Å². The number of ether oxygens (including phenoxy) is 1. The third-order valence-electron chi connectivity index (χ3n) is 1.18. The first-order chi connectivity index (χ1) is 5.47. The molecule has 0 spiro atoms. The number of hydrogen-bond acceptors (Lipinski definition) is 2. The molecule has 3 heteroatoms. The summed E-state index contributed by atoms with van der Waals surface area (Å²) < 4.78 is 5.68. The standard InChI is InChI=1S/C5H14NO.C4H10O/c1-6(2,3)4-5-7;1-3-5-4-2/h7H,4-5H2,1-3H3;3-4H2,1-2H3/q+1;. The summed E-state index contributed by atoms with van der Waals surface area (Å²) in [5.41, 5.74) is 0. The first-order valence-electron chi connectivity index (χ1n) is 4.47. The van der Waals surface area contributed by atoms with Crippen molar-refractivity contribution in [2.75, 3.05) is 47.5 Å². The smallest absolute Gasteiger partial charge is 0.101 e. The Kier molecular flexibility index (Phi) is 10.8. The van der Waals surface area contributed by atoms with Crippen molar-refractivity contribution in [1.29, 1.82) is 0 Å². The SMILES string of the molecule is CCOCC.C[N+](C)(C)CCO. The summed E-state index contributed by atoms with van der Waals surface area (Å²) in [5, 5.41) is 8.39. The molecule has 0 heterocycles. The van der Waals surface area contributed by atoms with E-state index in [1.165, 1.54) is 0 Å². The Bertz CT molecular complexity index is 77.1. The molecule has 0 saturated heterocycles. The molecule has 76 valence electrons. The number of aliphatic hydroxyl groups is 1. The molecule has 0 aromatic rings. The van der Waals surface area contributed by atoms with Gasteiger partial charge in [-0.15, -0.1) is 0 Å². The molecule has 1 N–H and O–H groups in total. The first kappa shape index (κ1) is 14.4. The average molecular weight is 178 g/mol. The van der Waals surface area contributed by atoms with Crippen LogP contribution in [0.25, 0.3) is 0 Å². The Morgan fingerprint density at radius 2 is 1.50 bits per heavy atom. The van der Waals surface area contributed by atoms with Gasteiger partial charge in [-0.25, -0.2) is 0 Å². The molecule has 0 aliphatic heterocycles. The van der Waals surface area contributed by atoms with Crippen LogP contribution in [0.15, 0.2) is 0 Å². The zero-order valence-corrected chi connectivity index (χ0v) is 9.13. The molecule has 0 aliphatic carbocycles. The summed E-state index contributed by atoms with van der Waals surface area (Å²) in [6.07, 6.45) is 0. The van der Waals surface area contributed by atoms with E-state index in [4.69, 9.17) is 9.84 Å². The van der Waals surface area contributed by atoms with E-state index in [-0.39, 0.29) is 6.61 Å². The van der Waals surface area contributed by atoms with Crippen molar-refractivity contribution in [1.82, 2.24) is 0 Å². The van der Waals surface area contributed by atoms with Crippen LogP contribution in [0.4, 0.5) is 0 Å². The lowest BCUT2D eigenvalue weighted by molar-refractivity contribution is -0.870. The molecule has 0 rings (SSSR count). The van der Waals surface area contributed by atoms with E-state index in [0.29, 0.717) is 0 Å². The minimum absolute atomic E-state index is 0.281. The van der Waals surface area contributed by atoms with Gasteiger partial charge in [0.2, 0.25) is 0 Å². The zero-order chi connectivity index (χ0) is 10.0. The fraction of sp³-hybridized carbons (Fsp3) is 1.00. The molecule has 0 radical (unpaired) electrons. The minimum Gasteiger partial charge on any atom is -0.391 e. The third kappa shape index (κ3) is 22.5. The van der Waals surface area contributed by atoms with Crippen LogP contribution in [0.1, 0.15) is 13.8 Å². The summed E-state index contributed by atoms with van der Waals surface area (Å²) in [6, 6.07) is 0. The van der Waals surface area contributed by atoms with Gasteiger partial charge in [0.1, 0.15) is 6.54 Å². The van der Waals surface area contributed by atoms with Crippen molar-refractivity contribution >= 4 is 0 Å². The first-order valence-corrected chi connectivity index (χ1v) is 4.47. The van der Waals surface area contributed by atoms with Gasteiger partial charge in [-0.1, -0.05) is 0 Å². The van der Waals surface area contributed by atoms with Crippen LogP contribution in [-0.4, -0.2) is 57.1 Å². The monoisotopic (exact) mass is 178 g/mol. The quantitative estimate of drug-likeness (QED) is 0.643. The van der Waals surface area contributed by atoms with Gasteiger partial charge in [0.15, 0.2) is 0 Å². The van der Waals surface area contributed by atoms with Crippen molar-refractivity contribution in [2.24, 2.45) is 0 Å². The van der Waals surface area contributed by atoms with Gasteiger partial charge in [0.05, 0.1) is 27.7 Å². The largest absolute Gasteiger partial charge is 0.391 e. The molecule has 12 heavy (non-hydrogen) atoms. The molecular weight excluding hydrogens is 154 g/mol. The Hall–Kier alpha value is -0.120. The number of rotatable bonds is 4. The number of likely N-dealkylation sites (N-methyl/N-ethyl adjacent to an activating group) is 1. The highest BCUT2D eigenvalue weighted by molar-refractivity contribution is 4.19. The van der Waals surface area contributed by atoms with Gasteiger partial charge in [-0.3, -0.25) is 0 Å². The van der Waals surface area contributed by atoms with Gasteiger partial charge >= 0.3 is 0 Å². The molecule has 0 amide bonds. The topological polar surface area (TPSA) is 29.5 Å². The fourth-order valence-corrected chi connectivity index (χ4v) is 0.504. The zero-order valence-electron chi connectivity index (χ0n) is 9.13. The van der Waals surface area contributed by atoms with Crippen LogP contribution < -0.4 is 0 Å². The van der Waals surface area contributed by atoms with E-state index in [9.17, 15) is 0 Å². The number of quaternary nitrogens is 1. The molecule has 3 nitrogen and oxygen atoms in total. The van der Waals surface area contributed by atoms with E-state index in [2.05, 4.69) is 21.1 Å². The fourth-order valence-electron chi connectivity index (χ4n) is 0.504. The molecule has 0 fully saturated rings. The highest BCUT2D eigenvalue weighted by Gasteiger charge is 2.02. The maximum atomic E-state index is 8.39. The van der Waals surface area contributed by atoms with Crippen molar-refractivity contribution < 1.29 is 14.3 Å². The summed E-state index contributed by atoms with van der Waals surface area (Å²) in [7, 11) is 6.16. The molecule has 0 aliphatic rings. The van der Waals surface area contributed by atoms with E-state index in [0.717, 1.165) is 24.2 Å². The lowest BCUT2D eigenvalue weighted by Crippen LogP contribution is -2.36. The summed E-state index contributed by atoms with van der Waals surface area (Å²) in [4.78, 5) is 0. The van der Waals surface area contributed by atoms with E-state index in [1.54, 1.807) is 0 Å². The number of hydrogen-bond donors (Lipinski definition) is 1. The second kappa shape index (κ2) is 8.97. The predicted octanol–water partition coefficient (Wildman–Crippen LogP) is 0.728. The maximum absolute atomic E-state index is 8.39. The lowest BCUT2D eigenvalue weighted by atomic mass is 10.5. The summed E-state index contributed by atoms with van der Waals surface area (Å²) >= 11 is 0. The molecule has 0 bridgehead atoms. The van der Waals surface area contributed by atoms with Gasteiger partial charge < -0.3 is 14.3 Å². The lowest BCUT2D eigenvalue weighted by Gasteiger charge is -2.21. The highest BCUT2D eigenvalue weighted by Crippen LogP contribution is 1.84. The minimum atomic E-state index is 0.281. The van der Waals surface area contributed by atoms with E-state index < -0.39 is 0 Å². The summed E-state index contributed by atoms with van der Waals surface area (Å²) in [6.45, 7) is 6.78. The van der Waals surface area contributed by atoms with Crippen LogP contribution in [0.2, 0.25) is 0 Å². The predicted molar refractivity (Wildman–Crippen MR) is 52.2 cm³/mol. The average Bonchev–Trinajstić information content (AvgIpc) is 1.87. The van der Waals surface area contributed by atoms with E-state index >= 15 is 0 Å². The van der Waals surface area contributed by atoms with Gasteiger partial charge in [-0.2, -0.15) is 0 Å². The second-order valence-electron chi connectivity index (χ2n) is 3.52. The van der Waals surface area contributed by atoms with Gasteiger partial charge in [-0.05, 0) is 13.8 Å². The Morgan fingerprint density at radius 1 is 1.08 bits per heavy atom. The molecular formula is C9H24NO2+. The van der Waals surface area contributed by atoms with Crippen LogP contribution >= 0.6 is 0 Å². The van der Waals surface area contributed by atoms with Gasteiger partial charge in [0.25, 0.3) is 0 Å². The molecule has 0 aromatic carbocycles. The number of aliphatic hydroxyl groups excluding tert-OH is 1. The molecule has 0 atom stereocenters. The Morgan fingerprint density at radius 3 is 1.50 bits per heavy atom. The van der Waals surface area contributed by atoms with Crippen molar-refractivity contribution in [2.45, 2.75) is 13.8 Å². The maximum Gasteiger partial charge on any atom is 0.101 e. The third-order valence-corrected chi connectivity index (χ3v) is 1.18. The van der Waals surface area contributed by atoms with Crippen molar-refractivity contribution in [3.63, 3.8) is 0 Å². The molecule has 0 saturated carbocycles. The normalized spacial score (nSPS) is 10.5. The van der Waals surface area contributed by atoms with Crippen LogP contribution in [0.5, 0.6) is 0 Å². The summed E-state index contributed by atoms with van der Waals surface area (Å²) in [5.74, 6) is 0. The van der Waals surface area contributed by atoms with Crippen molar-refractivity contribution in [3.05, 3.63) is 0 Å². The molecule has 0 aromatic heterocycles.